The highest BCUT2D eigenvalue weighted by molar-refractivity contribution is 8.14. The molecule has 0 spiro atoms. The molecule has 0 radical (unpaired) electrons. The van der Waals surface area contributed by atoms with E-state index in [1.54, 1.807) is 0 Å². The van der Waals surface area contributed by atoms with Gasteiger partial charge in [-0.1, -0.05) is 44.9 Å². The molecule has 1 saturated carbocycles. The molecule has 146 valence electrons. The normalized spacial score (nSPS) is 21.1. The number of hydrogen-bond donors (Lipinski definition) is 2. The Hall–Kier alpha value is -1.57. The third kappa shape index (κ3) is 6.00. The predicted molar refractivity (Wildman–Crippen MR) is 104 cm³/mol. The smallest absolute Gasteiger partial charge is 0.309 e. The second-order valence-electron chi connectivity index (χ2n) is 7.50. The fraction of sp³-hybridized carbons (Fsp3) is 0.778. The van der Waals surface area contributed by atoms with Gasteiger partial charge in [0.05, 0.1) is 6.04 Å². The number of carbonyl (C=O) groups excluding carboxylic acids is 3. The number of hydrogen-bond acceptors (Lipinski definition) is 5. The quantitative estimate of drug-likeness (QED) is 0.517. The first-order chi connectivity index (χ1) is 12.4. The van der Waals surface area contributed by atoms with Gasteiger partial charge in [-0.2, -0.15) is 0 Å². The van der Waals surface area contributed by atoms with Crippen LogP contribution in [0.1, 0.15) is 52.4 Å². The molecule has 2 fully saturated rings. The maximum atomic E-state index is 12.6. The molecule has 1 saturated heterocycles. The monoisotopic (exact) mass is 382 g/mol. The van der Waals surface area contributed by atoms with Crippen molar-refractivity contribution in [2.24, 2.45) is 16.9 Å². The van der Waals surface area contributed by atoms with Gasteiger partial charge in [-0.3, -0.25) is 14.4 Å². The Morgan fingerprint density at radius 2 is 1.92 bits per heavy atom. The Kier molecular flexibility index (Phi) is 7.93. The van der Waals surface area contributed by atoms with Gasteiger partial charge in [0, 0.05) is 25.3 Å². The SMILES string of the molecule is CC(C)CC(NC(=O)C1CCCCC1)C(=O)C(=O)N/N=C1/SCCN1C. The van der Waals surface area contributed by atoms with Crippen molar-refractivity contribution in [3.8, 4) is 0 Å². The Bertz CT molecular complexity index is 559. The molecule has 1 aliphatic carbocycles. The Morgan fingerprint density at radius 1 is 1.23 bits per heavy atom. The van der Waals surface area contributed by atoms with E-state index in [4.69, 9.17) is 0 Å². The minimum atomic E-state index is -0.793. The minimum absolute atomic E-state index is 0.0435. The number of rotatable bonds is 7. The second-order valence-corrected chi connectivity index (χ2v) is 8.56. The maximum absolute atomic E-state index is 12.6. The molecule has 1 atom stereocenters. The third-order valence-corrected chi connectivity index (χ3v) is 5.83. The molecule has 2 aliphatic rings. The maximum Gasteiger partial charge on any atom is 0.309 e. The predicted octanol–water partition coefficient (Wildman–Crippen LogP) is 1.73. The molecule has 8 heteroatoms. The lowest BCUT2D eigenvalue weighted by molar-refractivity contribution is -0.140. The van der Waals surface area contributed by atoms with Crippen molar-refractivity contribution in [1.82, 2.24) is 15.6 Å². The molecule has 1 unspecified atom stereocenters. The second kappa shape index (κ2) is 9.94. The number of hydrazone groups is 1. The highest BCUT2D eigenvalue weighted by Gasteiger charge is 2.30. The lowest BCUT2D eigenvalue weighted by Crippen LogP contribution is -2.49. The largest absolute Gasteiger partial charge is 0.352 e. The van der Waals surface area contributed by atoms with Crippen molar-refractivity contribution in [2.75, 3.05) is 19.3 Å². The molecule has 2 N–H and O–H groups in total. The molecule has 0 aromatic heterocycles. The van der Waals surface area contributed by atoms with Crippen LogP contribution in [0, 0.1) is 11.8 Å². The summed E-state index contributed by atoms with van der Waals surface area (Å²) in [4.78, 5) is 39.2. The van der Waals surface area contributed by atoms with Gasteiger partial charge in [-0.15, -0.1) is 5.10 Å². The number of amidine groups is 1. The number of ketones is 1. The summed E-state index contributed by atoms with van der Waals surface area (Å²) in [6.07, 6.45) is 5.41. The number of Topliss-reactive ketones (excluding diaryl/α,β-unsaturated/α-hetero) is 1. The van der Waals surface area contributed by atoms with Gasteiger partial charge in [0.15, 0.2) is 5.17 Å². The zero-order valence-electron chi connectivity index (χ0n) is 15.9. The van der Waals surface area contributed by atoms with Gasteiger partial charge in [-0.05, 0) is 25.2 Å². The summed E-state index contributed by atoms with van der Waals surface area (Å²) in [7, 11) is 1.89. The summed E-state index contributed by atoms with van der Waals surface area (Å²) in [5.74, 6) is -0.448. The number of amides is 2. The number of thioether (sulfide) groups is 1. The average Bonchev–Trinajstić information content (AvgIpc) is 3.03. The molecular formula is C18H30N4O3S. The first-order valence-electron chi connectivity index (χ1n) is 9.44. The molecule has 2 amide bonds. The number of nitrogens with one attached hydrogen (secondary N) is 2. The lowest BCUT2D eigenvalue weighted by Gasteiger charge is -2.24. The van der Waals surface area contributed by atoms with E-state index in [1.165, 1.54) is 11.8 Å². The summed E-state index contributed by atoms with van der Waals surface area (Å²) in [5.41, 5.74) is 2.35. The van der Waals surface area contributed by atoms with Crippen LogP contribution >= 0.6 is 11.8 Å². The van der Waals surface area contributed by atoms with Gasteiger partial charge >= 0.3 is 5.91 Å². The molecular weight excluding hydrogens is 352 g/mol. The minimum Gasteiger partial charge on any atom is -0.352 e. The summed E-state index contributed by atoms with van der Waals surface area (Å²) in [5, 5.41) is 7.54. The average molecular weight is 383 g/mol. The first kappa shape index (κ1) is 20.7. The van der Waals surface area contributed by atoms with E-state index in [0.29, 0.717) is 11.6 Å². The van der Waals surface area contributed by atoms with Crippen LogP contribution in [0.4, 0.5) is 0 Å². The molecule has 2 rings (SSSR count). The van der Waals surface area contributed by atoms with E-state index < -0.39 is 17.7 Å². The lowest BCUT2D eigenvalue weighted by atomic mass is 9.88. The molecule has 26 heavy (non-hydrogen) atoms. The van der Waals surface area contributed by atoms with Crippen LogP contribution in [0.5, 0.6) is 0 Å². The van der Waals surface area contributed by atoms with Crippen molar-refractivity contribution >= 4 is 34.5 Å². The van der Waals surface area contributed by atoms with Crippen molar-refractivity contribution in [2.45, 2.75) is 58.4 Å². The van der Waals surface area contributed by atoms with Gasteiger partial charge in [0.1, 0.15) is 0 Å². The summed E-state index contributed by atoms with van der Waals surface area (Å²) in [6, 6.07) is -0.793. The molecule has 1 aliphatic heterocycles. The van der Waals surface area contributed by atoms with Crippen LogP contribution in [0.3, 0.4) is 0 Å². The third-order valence-electron chi connectivity index (χ3n) is 4.78. The highest BCUT2D eigenvalue weighted by atomic mass is 32.2. The van der Waals surface area contributed by atoms with Crippen LogP contribution in [0.2, 0.25) is 0 Å². The van der Waals surface area contributed by atoms with E-state index in [1.807, 2.05) is 25.8 Å². The van der Waals surface area contributed by atoms with Crippen LogP contribution in [-0.2, 0) is 14.4 Å². The fourth-order valence-corrected chi connectivity index (χ4v) is 4.24. The molecule has 1 heterocycles. The van der Waals surface area contributed by atoms with E-state index in [-0.39, 0.29) is 17.7 Å². The standard InChI is InChI=1S/C18H30N4O3S/c1-12(2)11-14(19-16(24)13-7-5-4-6-8-13)15(23)17(25)20-21-18-22(3)9-10-26-18/h12-14H,4-11H2,1-3H3,(H,19,24)(H,20,25)/b21-18+. The van der Waals surface area contributed by atoms with Gasteiger partial charge in [0.25, 0.3) is 0 Å². The van der Waals surface area contributed by atoms with Crippen LogP contribution in [-0.4, -0.2) is 53.1 Å². The van der Waals surface area contributed by atoms with Gasteiger partial charge in [0.2, 0.25) is 11.7 Å². The van der Waals surface area contributed by atoms with Crippen molar-refractivity contribution in [1.29, 1.82) is 0 Å². The summed E-state index contributed by atoms with van der Waals surface area (Å²) in [6.45, 7) is 4.80. The first-order valence-corrected chi connectivity index (χ1v) is 10.4. The highest BCUT2D eigenvalue weighted by Crippen LogP contribution is 2.24. The van der Waals surface area contributed by atoms with Gasteiger partial charge < -0.3 is 10.2 Å². The van der Waals surface area contributed by atoms with Crippen molar-refractivity contribution < 1.29 is 14.4 Å². The molecule has 0 aromatic carbocycles. The van der Waals surface area contributed by atoms with E-state index in [2.05, 4.69) is 15.8 Å². The molecule has 0 bridgehead atoms. The number of nitrogens with zero attached hydrogens (tertiary/aromatic N) is 2. The fourth-order valence-electron chi connectivity index (χ4n) is 3.27. The van der Waals surface area contributed by atoms with E-state index in [9.17, 15) is 14.4 Å². The van der Waals surface area contributed by atoms with Gasteiger partial charge in [-0.25, -0.2) is 5.43 Å². The summed E-state index contributed by atoms with van der Waals surface area (Å²) < 4.78 is 0. The van der Waals surface area contributed by atoms with Crippen LogP contribution in [0.15, 0.2) is 5.10 Å². The number of carbonyl (C=O) groups is 3. The van der Waals surface area contributed by atoms with Crippen molar-refractivity contribution in [3.05, 3.63) is 0 Å². The van der Waals surface area contributed by atoms with Crippen LogP contribution < -0.4 is 10.7 Å². The summed E-state index contributed by atoms with van der Waals surface area (Å²) >= 11 is 1.53. The Labute approximate surface area is 159 Å². The molecule has 0 aromatic rings. The Balaban J connectivity index is 1.96. The van der Waals surface area contributed by atoms with E-state index in [0.717, 1.165) is 44.4 Å². The molecule has 7 nitrogen and oxygen atoms in total. The Morgan fingerprint density at radius 3 is 2.50 bits per heavy atom. The zero-order valence-corrected chi connectivity index (χ0v) is 16.7. The topological polar surface area (TPSA) is 90.9 Å². The van der Waals surface area contributed by atoms with Crippen LogP contribution in [0.25, 0.3) is 0 Å². The van der Waals surface area contributed by atoms with E-state index >= 15 is 0 Å². The van der Waals surface area contributed by atoms with Crippen molar-refractivity contribution in [3.63, 3.8) is 0 Å². The zero-order chi connectivity index (χ0) is 19.1.